The van der Waals surface area contributed by atoms with Crippen molar-refractivity contribution in [2.45, 2.75) is 4.90 Å². The first kappa shape index (κ1) is 15.6. The van der Waals surface area contributed by atoms with Gasteiger partial charge in [-0.25, -0.2) is 26.3 Å². The monoisotopic (exact) mass is 356 g/mol. The summed E-state index contributed by atoms with van der Waals surface area (Å²) in [7, 11) is -5.81. The average Bonchev–Trinajstić information content (AvgIpc) is 2.29. The second-order valence-electron chi connectivity index (χ2n) is 3.37. The summed E-state index contributed by atoms with van der Waals surface area (Å²) < 4.78 is 50.9. The number of sulfonamides is 2. The molecule has 1 aromatic rings. The maximum atomic E-state index is 11.8. The topological polar surface area (TPSA) is 92.3 Å². The molecular weight excluding hydrogens is 344 g/mol. The van der Waals surface area contributed by atoms with Crippen molar-refractivity contribution in [3.05, 3.63) is 28.7 Å². The van der Waals surface area contributed by atoms with E-state index in [-0.39, 0.29) is 17.2 Å². The highest BCUT2D eigenvalue weighted by Gasteiger charge is 2.15. The van der Waals surface area contributed by atoms with Crippen LogP contribution in [0.1, 0.15) is 0 Å². The van der Waals surface area contributed by atoms with Crippen LogP contribution in [0, 0.1) is 0 Å². The Morgan fingerprint density at radius 2 is 1.67 bits per heavy atom. The third-order valence-corrected chi connectivity index (χ3v) is 5.47. The van der Waals surface area contributed by atoms with Crippen LogP contribution in [0.25, 0.3) is 0 Å². The van der Waals surface area contributed by atoms with Crippen LogP contribution < -0.4 is 9.44 Å². The Labute approximate surface area is 115 Å². The van der Waals surface area contributed by atoms with Crippen LogP contribution in [-0.4, -0.2) is 36.2 Å². The van der Waals surface area contributed by atoms with Gasteiger partial charge in [0.1, 0.15) is 0 Å². The first-order valence-corrected chi connectivity index (χ1v) is 8.86. The van der Waals surface area contributed by atoms with Crippen molar-refractivity contribution in [1.29, 1.82) is 0 Å². The summed E-state index contributed by atoms with van der Waals surface area (Å²) in [6.45, 7) is -0.179. The lowest BCUT2D eigenvalue weighted by Crippen LogP contribution is -2.32. The standard InChI is InChI=1S/C9H13BrN2O4S2/c1-11-17(13,14)7-6-12-18(15,16)9-4-2-8(10)3-5-9/h2-5,11-12H,6-7H2,1H3. The van der Waals surface area contributed by atoms with Crippen molar-refractivity contribution in [2.24, 2.45) is 0 Å². The van der Waals surface area contributed by atoms with Crippen molar-refractivity contribution < 1.29 is 16.8 Å². The van der Waals surface area contributed by atoms with Gasteiger partial charge < -0.3 is 0 Å². The predicted octanol–water partition coefficient (Wildman–Crippen LogP) is 0.277. The Morgan fingerprint density at radius 3 is 2.17 bits per heavy atom. The van der Waals surface area contributed by atoms with Gasteiger partial charge in [0.15, 0.2) is 0 Å². The van der Waals surface area contributed by atoms with Gasteiger partial charge in [0.05, 0.1) is 10.6 Å². The molecule has 0 radical (unpaired) electrons. The maximum Gasteiger partial charge on any atom is 0.240 e. The fourth-order valence-electron chi connectivity index (χ4n) is 1.11. The van der Waals surface area contributed by atoms with Crippen LogP contribution in [0.2, 0.25) is 0 Å². The number of rotatable bonds is 6. The van der Waals surface area contributed by atoms with Crippen LogP contribution in [-0.2, 0) is 20.0 Å². The van der Waals surface area contributed by atoms with Crippen molar-refractivity contribution in [3.63, 3.8) is 0 Å². The minimum absolute atomic E-state index is 0.0903. The minimum Gasteiger partial charge on any atom is -0.218 e. The van der Waals surface area contributed by atoms with Crippen LogP contribution in [0.3, 0.4) is 0 Å². The van der Waals surface area contributed by atoms with Crippen molar-refractivity contribution >= 4 is 36.0 Å². The zero-order valence-corrected chi connectivity index (χ0v) is 12.8. The number of halogens is 1. The molecule has 0 heterocycles. The van der Waals surface area contributed by atoms with E-state index in [0.717, 1.165) is 4.47 Å². The highest BCUT2D eigenvalue weighted by molar-refractivity contribution is 9.10. The van der Waals surface area contributed by atoms with Gasteiger partial charge in [-0.05, 0) is 31.3 Å². The maximum absolute atomic E-state index is 11.8. The third kappa shape index (κ3) is 4.65. The normalized spacial score (nSPS) is 12.6. The molecule has 102 valence electrons. The molecule has 6 nitrogen and oxygen atoms in total. The quantitative estimate of drug-likeness (QED) is 0.765. The Kier molecular flexibility index (Phi) is 5.29. The summed E-state index contributed by atoms with van der Waals surface area (Å²) in [6, 6.07) is 6.05. The SMILES string of the molecule is CNS(=O)(=O)CCNS(=O)(=O)c1ccc(Br)cc1. The van der Waals surface area contributed by atoms with Gasteiger partial charge in [0, 0.05) is 11.0 Å². The molecule has 0 atom stereocenters. The lowest BCUT2D eigenvalue weighted by molar-refractivity contribution is 0.578. The molecule has 0 saturated heterocycles. The first-order valence-electron chi connectivity index (χ1n) is 4.93. The summed E-state index contributed by atoms with van der Waals surface area (Å²) in [5.41, 5.74) is 0. The van der Waals surface area contributed by atoms with E-state index in [9.17, 15) is 16.8 Å². The van der Waals surface area contributed by atoms with E-state index in [2.05, 4.69) is 25.4 Å². The van der Waals surface area contributed by atoms with Crippen LogP contribution in [0.4, 0.5) is 0 Å². The lowest BCUT2D eigenvalue weighted by atomic mass is 10.4. The zero-order chi connectivity index (χ0) is 13.8. The van der Waals surface area contributed by atoms with Crippen molar-refractivity contribution in [2.75, 3.05) is 19.3 Å². The molecule has 0 fully saturated rings. The number of benzene rings is 1. The summed E-state index contributed by atoms with van der Waals surface area (Å²) in [6.07, 6.45) is 0. The van der Waals surface area contributed by atoms with Gasteiger partial charge in [-0.2, -0.15) is 0 Å². The van der Waals surface area contributed by atoms with Gasteiger partial charge in [-0.1, -0.05) is 15.9 Å². The fourth-order valence-corrected chi connectivity index (χ4v) is 3.11. The highest BCUT2D eigenvalue weighted by Crippen LogP contribution is 2.14. The molecule has 0 aliphatic carbocycles. The number of nitrogens with one attached hydrogen (secondary N) is 2. The average molecular weight is 357 g/mol. The van der Waals surface area contributed by atoms with Crippen LogP contribution in [0.15, 0.2) is 33.6 Å². The molecule has 0 unspecified atom stereocenters. The molecule has 0 saturated carbocycles. The number of hydrogen-bond donors (Lipinski definition) is 2. The molecule has 0 amide bonds. The Hall–Kier alpha value is -0.480. The van der Waals surface area contributed by atoms with E-state index in [1.165, 1.54) is 19.2 Å². The summed E-state index contributed by atoms with van der Waals surface area (Å²) >= 11 is 3.20. The molecule has 1 aromatic carbocycles. The van der Waals surface area contributed by atoms with Gasteiger partial charge in [-0.3, -0.25) is 0 Å². The Morgan fingerprint density at radius 1 is 1.11 bits per heavy atom. The molecule has 9 heteroatoms. The Balaban J connectivity index is 2.69. The van der Waals surface area contributed by atoms with E-state index in [1.54, 1.807) is 12.1 Å². The molecule has 18 heavy (non-hydrogen) atoms. The van der Waals surface area contributed by atoms with Crippen molar-refractivity contribution in [3.8, 4) is 0 Å². The molecule has 1 rings (SSSR count). The van der Waals surface area contributed by atoms with Crippen LogP contribution in [0.5, 0.6) is 0 Å². The van der Waals surface area contributed by atoms with Gasteiger partial charge in [0.2, 0.25) is 20.0 Å². The molecule has 0 spiro atoms. The fraction of sp³-hybridized carbons (Fsp3) is 0.333. The summed E-state index contributed by atoms with van der Waals surface area (Å²) in [5.74, 6) is -0.306. The number of hydrogen-bond acceptors (Lipinski definition) is 4. The predicted molar refractivity (Wildman–Crippen MR) is 72.2 cm³/mol. The van der Waals surface area contributed by atoms with Crippen LogP contribution >= 0.6 is 15.9 Å². The Bertz CT molecular complexity index is 596. The van der Waals surface area contributed by atoms with E-state index in [1.807, 2.05) is 0 Å². The molecular formula is C9H13BrN2O4S2. The summed E-state index contributed by atoms with van der Waals surface area (Å²) in [4.78, 5) is 0.0903. The second-order valence-corrected chi connectivity index (χ2v) is 8.10. The summed E-state index contributed by atoms with van der Waals surface area (Å²) in [5, 5.41) is 0. The molecule has 0 aliphatic rings. The second kappa shape index (κ2) is 6.11. The van der Waals surface area contributed by atoms with E-state index < -0.39 is 20.0 Å². The van der Waals surface area contributed by atoms with Gasteiger partial charge in [0.25, 0.3) is 0 Å². The first-order chi connectivity index (χ1) is 8.27. The molecule has 0 bridgehead atoms. The van der Waals surface area contributed by atoms with Gasteiger partial charge in [-0.15, -0.1) is 0 Å². The minimum atomic E-state index is -3.67. The zero-order valence-electron chi connectivity index (χ0n) is 9.55. The molecule has 0 aliphatic heterocycles. The van der Waals surface area contributed by atoms with E-state index in [4.69, 9.17) is 0 Å². The lowest BCUT2D eigenvalue weighted by Gasteiger charge is -2.07. The largest absolute Gasteiger partial charge is 0.240 e. The highest BCUT2D eigenvalue weighted by atomic mass is 79.9. The van der Waals surface area contributed by atoms with Gasteiger partial charge >= 0.3 is 0 Å². The van der Waals surface area contributed by atoms with E-state index >= 15 is 0 Å². The smallest absolute Gasteiger partial charge is 0.218 e. The third-order valence-electron chi connectivity index (χ3n) is 2.10. The van der Waals surface area contributed by atoms with Crippen molar-refractivity contribution in [1.82, 2.24) is 9.44 Å². The molecule has 2 N–H and O–H groups in total. The molecule has 0 aromatic heterocycles. The van der Waals surface area contributed by atoms with E-state index in [0.29, 0.717) is 0 Å².